The third-order valence-corrected chi connectivity index (χ3v) is 3.93. The van der Waals surface area contributed by atoms with Crippen LogP contribution in [0.5, 0.6) is 5.75 Å². The maximum Gasteiger partial charge on any atom is 0.255 e. The largest absolute Gasteiger partial charge is 0.494 e. The number of ether oxygens (including phenoxy) is 1. The first-order valence-corrected chi connectivity index (χ1v) is 8.34. The Morgan fingerprint density at radius 2 is 2.04 bits per heavy atom. The number of halogens is 1. The number of aromatic amines is 1. The Kier molecular flexibility index (Phi) is 5.36. The summed E-state index contributed by atoms with van der Waals surface area (Å²) in [4.78, 5) is 12.5. The number of nitrogens with one attached hydrogen (secondary N) is 2. The van der Waals surface area contributed by atoms with Crippen LogP contribution in [0.4, 0.5) is 0 Å². The molecule has 0 aliphatic heterocycles. The molecule has 1 amide bonds. The molecule has 0 unspecified atom stereocenters. The Morgan fingerprint density at radius 3 is 2.80 bits per heavy atom. The summed E-state index contributed by atoms with van der Waals surface area (Å²) in [5, 5.41) is 10.4. The lowest BCUT2D eigenvalue weighted by Crippen LogP contribution is -2.23. The van der Waals surface area contributed by atoms with E-state index in [0.717, 1.165) is 16.9 Å². The molecule has 1 heterocycles. The normalized spacial score (nSPS) is 10.5. The van der Waals surface area contributed by atoms with Crippen LogP contribution < -0.4 is 10.1 Å². The first-order chi connectivity index (χ1) is 12.2. The van der Waals surface area contributed by atoms with Crippen molar-refractivity contribution in [3.8, 4) is 17.0 Å². The Hall–Kier alpha value is -2.79. The fourth-order valence-corrected chi connectivity index (χ4v) is 2.61. The zero-order chi connectivity index (χ0) is 17.6. The predicted octanol–water partition coefficient (Wildman–Crippen LogP) is 4.06. The minimum atomic E-state index is -0.194. The molecular weight excluding hydrogens is 338 g/mol. The SMILES string of the molecule is CCOc1cccc(CNC(=O)c2cn[nH]c2-c2ccc(Cl)cc2)c1. The van der Waals surface area contributed by atoms with E-state index in [1.807, 2.05) is 43.3 Å². The lowest BCUT2D eigenvalue weighted by Gasteiger charge is -2.08. The van der Waals surface area contributed by atoms with Gasteiger partial charge in [0.25, 0.3) is 5.91 Å². The van der Waals surface area contributed by atoms with Crippen LogP contribution >= 0.6 is 11.6 Å². The molecule has 2 aromatic carbocycles. The number of nitrogens with zero attached hydrogens (tertiary/aromatic N) is 1. The van der Waals surface area contributed by atoms with Crippen LogP contribution in [-0.4, -0.2) is 22.7 Å². The van der Waals surface area contributed by atoms with E-state index in [9.17, 15) is 4.79 Å². The highest BCUT2D eigenvalue weighted by atomic mass is 35.5. The van der Waals surface area contributed by atoms with Gasteiger partial charge in [-0.25, -0.2) is 0 Å². The van der Waals surface area contributed by atoms with Gasteiger partial charge in [-0.1, -0.05) is 35.9 Å². The molecule has 128 valence electrons. The minimum Gasteiger partial charge on any atom is -0.494 e. The molecule has 0 radical (unpaired) electrons. The first kappa shape index (κ1) is 17.0. The van der Waals surface area contributed by atoms with E-state index in [1.54, 1.807) is 12.1 Å². The molecule has 0 fully saturated rings. The van der Waals surface area contributed by atoms with Crippen LogP contribution in [0.2, 0.25) is 5.02 Å². The Balaban J connectivity index is 1.71. The molecule has 6 heteroatoms. The van der Waals surface area contributed by atoms with E-state index in [-0.39, 0.29) is 5.91 Å². The second kappa shape index (κ2) is 7.85. The van der Waals surface area contributed by atoms with E-state index < -0.39 is 0 Å². The van der Waals surface area contributed by atoms with Crippen LogP contribution in [0.1, 0.15) is 22.8 Å². The van der Waals surface area contributed by atoms with Crippen LogP contribution in [-0.2, 0) is 6.54 Å². The minimum absolute atomic E-state index is 0.194. The van der Waals surface area contributed by atoms with E-state index in [4.69, 9.17) is 16.3 Å². The molecule has 1 aromatic heterocycles. The van der Waals surface area contributed by atoms with Crippen LogP contribution in [0, 0.1) is 0 Å². The number of aromatic nitrogens is 2. The molecule has 0 aliphatic carbocycles. The standard InChI is InChI=1S/C19H18ClN3O2/c1-2-25-16-5-3-4-13(10-16)11-21-19(24)17-12-22-23-18(17)14-6-8-15(20)9-7-14/h3-10,12H,2,11H2,1H3,(H,21,24)(H,22,23). The van der Waals surface area contributed by atoms with Crippen molar-refractivity contribution in [1.82, 2.24) is 15.5 Å². The zero-order valence-corrected chi connectivity index (χ0v) is 14.5. The lowest BCUT2D eigenvalue weighted by molar-refractivity contribution is 0.0951. The molecule has 25 heavy (non-hydrogen) atoms. The topological polar surface area (TPSA) is 67.0 Å². The van der Waals surface area contributed by atoms with Crippen molar-refractivity contribution >= 4 is 17.5 Å². The van der Waals surface area contributed by atoms with Crippen LogP contribution in [0.25, 0.3) is 11.3 Å². The number of hydrogen-bond acceptors (Lipinski definition) is 3. The quantitative estimate of drug-likeness (QED) is 0.700. The van der Waals surface area contributed by atoms with Gasteiger partial charge in [-0.2, -0.15) is 5.10 Å². The van der Waals surface area contributed by atoms with Gasteiger partial charge in [-0.3, -0.25) is 9.89 Å². The average Bonchev–Trinajstić information content (AvgIpc) is 3.11. The number of carbonyl (C=O) groups is 1. The molecule has 2 N–H and O–H groups in total. The number of carbonyl (C=O) groups excluding carboxylic acids is 1. The predicted molar refractivity (Wildman–Crippen MR) is 97.8 cm³/mol. The van der Waals surface area contributed by atoms with Gasteiger partial charge in [0.15, 0.2) is 0 Å². The summed E-state index contributed by atoms with van der Waals surface area (Å²) in [5.41, 5.74) is 2.97. The highest BCUT2D eigenvalue weighted by Gasteiger charge is 2.15. The molecule has 0 atom stereocenters. The maximum atomic E-state index is 12.5. The van der Waals surface area contributed by atoms with Crippen molar-refractivity contribution in [2.24, 2.45) is 0 Å². The van der Waals surface area contributed by atoms with Crippen molar-refractivity contribution < 1.29 is 9.53 Å². The fourth-order valence-electron chi connectivity index (χ4n) is 2.48. The summed E-state index contributed by atoms with van der Waals surface area (Å²) in [5.74, 6) is 0.597. The highest BCUT2D eigenvalue weighted by molar-refractivity contribution is 6.30. The fraction of sp³-hybridized carbons (Fsp3) is 0.158. The molecular formula is C19H18ClN3O2. The second-order valence-corrected chi connectivity index (χ2v) is 5.87. The van der Waals surface area contributed by atoms with Gasteiger partial charge in [0.05, 0.1) is 24.1 Å². The Labute approximate surface area is 151 Å². The van der Waals surface area contributed by atoms with Gasteiger partial charge in [0, 0.05) is 17.1 Å². The van der Waals surface area contributed by atoms with Crippen molar-refractivity contribution in [3.63, 3.8) is 0 Å². The number of H-pyrrole nitrogens is 1. The first-order valence-electron chi connectivity index (χ1n) is 7.96. The van der Waals surface area contributed by atoms with Crippen molar-refractivity contribution in [2.45, 2.75) is 13.5 Å². The van der Waals surface area contributed by atoms with E-state index >= 15 is 0 Å². The number of benzene rings is 2. The third kappa shape index (κ3) is 4.19. The van der Waals surface area contributed by atoms with Gasteiger partial charge >= 0.3 is 0 Å². The van der Waals surface area contributed by atoms with E-state index in [0.29, 0.717) is 29.4 Å². The van der Waals surface area contributed by atoms with Gasteiger partial charge < -0.3 is 10.1 Å². The van der Waals surface area contributed by atoms with Crippen LogP contribution in [0.15, 0.2) is 54.7 Å². The molecule has 0 saturated heterocycles. The van der Waals surface area contributed by atoms with Gasteiger partial charge in [-0.05, 0) is 36.8 Å². The third-order valence-electron chi connectivity index (χ3n) is 3.68. The average molecular weight is 356 g/mol. The van der Waals surface area contributed by atoms with Gasteiger partial charge in [0.2, 0.25) is 0 Å². The molecule has 0 aliphatic rings. The number of rotatable bonds is 6. The molecule has 0 bridgehead atoms. The summed E-state index contributed by atoms with van der Waals surface area (Å²) in [6.45, 7) is 2.95. The summed E-state index contributed by atoms with van der Waals surface area (Å²) in [6, 6.07) is 14.9. The molecule has 0 spiro atoms. The highest BCUT2D eigenvalue weighted by Crippen LogP contribution is 2.23. The van der Waals surface area contributed by atoms with Crippen LogP contribution in [0.3, 0.4) is 0 Å². The zero-order valence-electron chi connectivity index (χ0n) is 13.8. The molecule has 5 nitrogen and oxygen atoms in total. The lowest BCUT2D eigenvalue weighted by atomic mass is 10.1. The number of amides is 1. The molecule has 0 saturated carbocycles. The van der Waals surface area contributed by atoms with Gasteiger partial charge in [-0.15, -0.1) is 0 Å². The van der Waals surface area contributed by atoms with E-state index in [1.165, 1.54) is 6.20 Å². The Morgan fingerprint density at radius 1 is 1.24 bits per heavy atom. The summed E-state index contributed by atoms with van der Waals surface area (Å²) >= 11 is 5.91. The smallest absolute Gasteiger partial charge is 0.255 e. The summed E-state index contributed by atoms with van der Waals surface area (Å²) in [6.07, 6.45) is 1.52. The number of hydrogen-bond donors (Lipinski definition) is 2. The summed E-state index contributed by atoms with van der Waals surface area (Å²) < 4.78 is 5.47. The van der Waals surface area contributed by atoms with Crippen molar-refractivity contribution in [3.05, 3.63) is 70.9 Å². The van der Waals surface area contributed by atoms with Crippen molar-refractivity contribution in [1.29, 1.82) is 0 Å². The molecule has 3 aromatic rings. The second-order valence-electron chi connectivity index (χ2n) is 5.43. The maximum absolute atomic E-state index is 12.5. The van der Waals surface area contributed by atoms with Gasteiger partial charge in [0.1, 0.15) is 5.75 Å². The molecule has 3 rings (SSSR count). The Bertz CT molecular complexity index is 859. The monoisotopic (exact) mass is 355 g/mol. The van der Waals surface area contributed by atoms with E-state index in [2.05, 4.69) is 15.5 Å². The van der Waals surface area contributed by atoms with Crippen molar-refractivity contribution in [2.75, 3.05) is 6.61 Å². The summed E-state index contributed by atoms with van der Waals surface area (Å²) in [7, 11) is 0.